The number of benzene rings is 1. The van der Waals surface area contributed by atoms with Crippen LogP contribution in [0.2, 0.25) is 0 Å². The first-order valence-electron chi connectivity index (χ1n) is 7.88. The fourth-order valence-electron chi connectivity index (χ4n) is 3.45. The average molecular weight is 307 g/mol. The molecule has 1 unspecified atom stereocenters. The predicted molar refractivity (Wildman–Crippen MR) is 87.1 cm³/mol. The van der Waals surface area contributed by atoms with E-state index in [-0.39, 0.29) is 5.38 Å². The van der Waals surface area contributed by atoms with E-state index in [0.717, 1.165) is 35.1 Å². The maximum atomic E-state index is 6.35. The molecule has 1 aromatic heterocycles. The van der Waals surface area contributed by atoms with E-state index >= 15 is 0 Å². The highest BCUT2D eigenvalue weighted by Gasteiger charge is 2.20. The summed E-state index contributed by atoms with van der Waals surface area (Å²) in [5.41, 5.74) is 2.06. The van der Waals surface area contributed by atoms with E-state index in [4.69, 9.17) is 21.3 Å². The molecule has 0 amide bonds. The molecule has 1 fully saturated rings. The number of nitrogens with zero attached hydrogens (tertiary/aromatic N) is 2. The van der Waals surface area contributed by atoms with E-state index in [2.05, 4.69) is 10.6 Å². The second kappa shape index (κ2) is 6.27. The Kier molecular flexibility index (Phi) is 4.39. The normalized spacial score (nSPS) is 17.5. The number of halogens is 1. The van der Waals surface area contributed by atoms with E-state index in [1.807, 2.05) is 19.1 Å². The molecule has 1 heterocycles. The van der Waals surface area contributed by atoms with Crippen LogP contribution in [0.25, 0.3) is 11.0 Å². The van der Waals surface area contributed by atoms with Crippen LogP contribution >= 0.6 is 11.6 Å². The van der Waals surface area contributed by atoms with E-state index in [9.17, 15) is 0 Å². The zero-order chi connectivity index (χ0) is 14.8. The Bertz CT molecular complexity index is 615. The zero-order valence-corrected chi connectivity index (χ0v) is 13.6. The lowest BCUT2D eigenvalue weighted by Crippen LogP contribution is -2.08. The molecule has 3 rings (SSSR count). The third-order valence-electron chi connectivity index (χ3n) is 4.58. The number of aryl methyl sites for hydroxylation is 1. The summed E-state index contributed by atoms with van der Waals surface area (Å²) in [5, 5.41) is -0.0920. The van der Waals surface area contributed by atoms with Gasteiger partial charge in [-0.25, -0.2) is 4.98 Å². The summed E-state index contributed by atoms with van der Waals surface area (Å²) >= 11 is 6.35. The van der Waals surface area contributed by atoms with E-state index in [1.165, 1.54) is 32.1 Å². The Balaban J connectivity index is 1.95. The predicted octanol–water partition coefficient (Wildman–Crippen LogP) is 4.93. The Hall–Kier alpha value is -1.22. The van der Waals surface area contributed by atoms with Crippen molar-refractivity contribution >= 4 is 22.6 Å². The van der Waals surface area contributed by atoms with Gasteiger partial charge in [0.2, 0.25) is 0 Å². The minimum Gasteiger partial charge on any atom is -0.494 e. The van der Waals surface area contributed by atoms with Crippen LogP contribution in [0.4, 0.5) is 0 Å². The first-order chi connectivity index (χ1) is 10.2. The number of para-hydroxylation sites is 1. The molecule has 1 aliphatic rings. The summed E-state index contributed by atoms with van der Waals surface area (Å²) in [6.45, 7) is 2.99. The Morgan fingerprint density at radius 2 is 2.14 bits per heavy atom. The number of alkyl halides is 1. The largest absolute Gasteiger partial charge is 0.494 e. The van der Waals surface area contributed by atoms with Crippen molar-refractivity contribution in [1.29, 1.82) is 0 Å². The van der Waals surface area contributed by atoms with Crippen LogP contribution < -0.4 is 4.74 Å². The second-order valence-corrected chi connectivity index (χ2v) is 6.66. The van der Waals surface area contributed by atoms with Gasteiger partial charge in [-0.1, -0.05) is 31.7 Å². The van der Waals surface area contributed by atoms with E-state index in [1.54, 1.807) is 7.11 Å². The van der Waals surface area contributed by atoms with Crippen LogP contribution in [0.3, 0.4) is 0 Å². The zero-order valence-electron chi connectivity index (χ0n) is 12.8. The van der Waals surface area contributed by atoms with Gasteiger partial charge in [0.15, 0.2) is 0 Å². The lowest BCUT2D eigenvalue weighted by Gasteiger charge is -2.13. The van der Waals surface area contributed by atoms with Crippen molar-refractivity contribution in [1.82, 2.24) is 9.55 Å². The highest BCUT2D eigenvalue weighted by atomic mass is 35.5. The van der Waals surface area contributed by atoms with Gasteiger partial charge in [0.05, 0.1) is 18.0 Å². The van der Waals surface area contributed by atoms with Crippen molar-refractivity contribution in [2.45, 2.75) is 50.9 Å². The van der Waals surface area contributed by atoms with Gasteiger partial charge in [-0.3, -0.25) is 0 Å². The van der Waals surface area contributed by atoms with Gasteiger partial charge >= 0.3 is 0 Å². The van der Waals surface area contributed by atoms with Crippen LogP contribution in [-0.2, 0) is 6.54 Å². The van der Waals surface area contributed by atoms with Gasteiger partial charge in [0.25, 0.3) is 0 Å². The van der Waals surface area contributed by atoms with E-state index in [0.29, 0.717) is 0 Å². The molecule has 2 aromatic rings. The molecule has 1 aromatic carbocycles. The van der Waals surface area contributed by atoms with Gasteiger partial charge in [-0.05, 0) is 31.4 Å². The van der Waals surface area contributed by atoms with Crippen molar-refractivity contribution in [2.24, 2.45) is 5.92 Å². The lowest BCUT2D eigenvalue weighted by atomic mass is 10.0. The molecule has 21 heavy (non-hydrogen) atoms. The quantitative estimate of drug-likeness (QED) is 0.733. The molecule has 4 heteroatoms. The van der Waals surface area contributed by atoms with Crippen LogP contribution in [0.5, 0.6) is 5.75 Å². The third-order valence-corrected chi connectivity index (χ3v) is 4.78. The fraction of sp³-hybridized carbons (Fsp3) is 0.588. The van der Waals surface area contributed by atoms with Crippen LogP contribution in [-0.4, -0.2) is 16.7 Å². The van der Waals surface area contributed by atoms with Gasteiger partial charge in [-0.2, -0.15) is 0 Å². The highest BCUT2D eigenvalue weighted by Crippen LogP contribution is 2.32. The third kappa shape index (κ3) is 2.89. The van der Waals surface area contributed by atoms with Crippen molar-refractivity contribution < 1.29 is 4.74 Å². The van der Waals surface area contributed by atoms with Crippen molar-refractivity contribution in [3.63, 3.8) is 0 Å². The number of rotatable bonds is 5. The summed E-state index contributed by atoms with van der Waals surface area (Å²) in [7, 11) is 1.69. The standard InChI is InChI=1S/C17H23ClN2O/c1-12(18)17-19-16-14(8-5-9-15(16)21-2)20(17)11-10-13-6-3-4-7-13/h5,8-9,12-13H,3-4,6-7,10-11H2,1-2H3. The molecule has 114 valence electrons. The summed E-state index contributed by atoms with van der Waals surface area (Å²) in [6, 6.07) is 6.10. The first-order valence-corrected chi connectivity index (χ1v) is 8.31. The number of hydrogen-bond donors (Lipinski definition) is 0. The molecule has 0 spiro atoms. The Labute approximate surface area is 131 Å². The van der Waals surface area contributed by atoms with Gasteiger partial charge in [0, 0.05) is 6.54 Å². The van der Waals surface area contributed by atoms with Crippen LogP contribution in [0.1, 0.15) is 50.2 Å². The van der Waals surface area contributed by atoms with Crippen molar-refractivity contribution in [3.05, 3.63) is 24.0 Å². The van der Waals surface area contributed by atoms with Crippen molar-refractivity contribution in [2.75, 3.05) is 7.11 Å². The fourth-order valence-corrected chi connectivity index (χ4v) is 3.62. The van der Waals surface area contributed by atoms with Gasteiger partial charge < -0.3 is 9.30 Å². The Morgan fingerprint density at radius 3 is 2.81 bits per heavy atom. The molecule has 1 aliphatic carbocycles. The molecule has 0 aliphatic heterocycles. The van der Waals surface area contributed by atoms with E-state index < -0.39 is 0 Å². The molecular weight excluding hydrogens is 284 g/mol. The lowest BCUT2D eigenvalue weighted by molar-refractivity contribution is 0.419. The minimum absolute atomic E-state index is 0.0920. The maximum absolute atomic E-state index is 6.35. The number of methoxy groups -OCH3 is 1. The smallest absolute Gasteiger partial charge is 0.146 e. The van der Waals surface area contributed by atoms with Crippen LogP contribution in [0, 0.1) is 5.92 Å². The molecule has 0 radical (unpaired) electrons. The molecule has 0 saturated heterocycles. The average Bonchev–Trinajstić information content (AvgIpc) is 3.11. The number of ether oxygens (including phenoxy) is 1. The minimum atomic E-state index is -0.0920. The molecule has 0 bridgehead atoms. The van der Waals surface area contributed by atoms with Gasteiger partial charge in [-0.15, -0.1) is 11.6 Å². The molecule has 0 N–H and O–H groups in total. The molecule has 1 saturated carbocycles. The van der Waals surface area contributed by atoms with Crippen LogP contribution in [0.15, 0.2) is 18.2 Å². The number of fused-ring (bicyclic) bond motifs is 1. The Morgan fingerprint density at radius 1 is 1.38 bits per heavy atom. The first kappa shape index (κ1) is 14.7. The topological polar surface area (TPSA) is 27.1 Å². The summed E-state index contributed by atoms with van der Waals surface area (Å²) in [4.78, 5) is 4.73. The number of aromatic nitrogens is 2. The SMILES string of the molecule is COc1cccc2c1nc(C(C)Cl)n2CCC1CCCC1. The van der Waals surface area contributed by atoms with Crippen molar-refractivity contribution in [3.8, 4) is 5.75 Å². The summed E-state index contributed by atoms with van der Waals surface area (Å²) in [6.07, 6.45) is 6.76. The summed E-state index contributed by atoms with van der Waals surface area (Å²) in [5.74, 6) is 2.64. The molecule has 1 atom stereocenters. The van der Waals surface area contributed by atoms with Gasteiger partial charge in [0.1, 0.15) is 17.1 Å². The number of imidazole rings is 1. The summed E-state index contributed by atoms with van der Waals surface area (Å²) < 4.78 is 7.72. The highest BCUT2D eigenvalue weighted by molar-refractivity contribution is 6.20. The molecular formula is C17H23ClN2O. The second-order valence-electron chi connectivity index (χ2n) is 6.00. The molecule has 3 nitrogen and oxygen atoms in total. The maximum Gasteiger partial charge on any atom is 0.146 e. The monoisotopic (exact) mass is 306 g/mol. The number of hydrogen-bond acceptors (Lipinski definition) is 2.